The minimum absolute atomic E-state index is 0.0771. The van der Waals surface area contributed by atoms with Crippen molar-refractivity contribution in [2.24, 2.45) is 0 Å². The van der Waals surface area contributed by atoms with E-state index in [4.69, 9.17) is 5.73 Å². The predicted molar refractivity (Wildman–Crippen MR) is 66.5 cm³/mol. The SMILES string of the molecule is CS(=O)(=O)CCCS(=O)c1ccc(N)cc1. The summed E-state index contributed by atoms with van der Waals surface area (Å²) in [5.41, 5.74) is 6.13. The first kappa shape index (κ1) is 13.2. The van der Waals surface area contributed by atoms with E-state index in [1.807, 2.05) is 0 Å². The van der Waals surface area contributed by atoms with Gasteiger partial charge in [0, 0.05) is 22.6 Å². The van der Waals surface area contributed by atoms with Crippen LogP contribution in [0.15, 0.2) is 29.2 Å². The quantitative estimate of drug-likeness (QED) is 0.796. The third-order valence-electron chi connectivity index (χ3n) is 1.99. The van der Waals surface area contributed by atoms with Gasteiger partial charge >= 0.3 is 0 Å². The normalized spacial score (nSPS) is 13.6. The minimum Gasteiger partial charge on any atom is -0.399 e. The van der Waals surface area contributed by atoms with Gasteiger partial charge in [0.1, 0.15) is 9.84 Å². The van der Waals surface area contributed by atoms with Crippen LogP contribution < -0.4 is 5.73 Å². The molecule has 16 heavy (non-hydrogen) atoms. The van der Waals surface area contributed by atoms with Crippen molar-refractivity contribution in [3.05, 3.63) is 24.3 Å². The number of hydrogen-bond acceptors (Lipinski definition) is 4. The number of anilines is 1. The molecule has 1 atom stereocenters. The van der Waals surface area contributed by atoms with Crippen molar-refractivity contribution in [3.8, 4) is 0 Å². The molecule has 0 amide bonds. The van der Waals surface area contributed by atoms with Crippen LogP contribution in [0.4, 0.5) is 5.69 Å². The zero-order valence-electron chi connectivity index (χ0n) is 9.05. The fourth-order valence-electron chi connectivity index (χ4n) is 1.19. The van der Waals surface area contributed by atoms with Crippen molar-refractivity contribution < 1.29 is 12.6 Å². The lowest BCUT2D eigenvalue weighted by Crippen LogP contribution is -2.07. The highest BCUT2D eigenvalue weighted by Gasteiger charge is 2.06. The van der Waals surface area contributed by atoms with Crippen LogP contribution >= 0.6 is 0 Å². The molecular weight excluding hydrogens is 246 g/mol. The second kappa shape index (κ2) is 5.45. The second-order valence-electron chi connectivity index (χ2n) is 3.60. The van der Waals surface area contributed by atoms with Crippen LogP contribution in [0, 0.1) is 0 Å². The van der Waals surface area contributed by atoms with Crippen LogP contribution in [0.2, 0.25) is 0 Å². The molecule has 0 radical (unpaired) electrons. The smallest absolute Gasteiger partial charge is 0.147 e. The topological polar surface area (TPSA) is 77.2 Å². The first-order valence-corrected chi connectivity index (χ1v) is 8.18. The van der Waals surface area contributed by atoms with E-state index in [1.165, 1.54) is 6.26 Å². The molecule has 0 aliphatic rings. The Balaban J connectivity index is 2.50. The lowest BCUT2D eigenvalue weighted by atomic mass is 10.3. The summed E-state index contributed by atoms with van der Waals surface area (Å²) in [6.07, 6.45) is 1.59. The molecule has 1 unspecified atom stereocenters. The van der Waals surface area contributed by atoms with E-state index in [1.54, 1.807) is 24.3 Å². The van der Waals surface area contributed by atoms with Gasteiger partial charge < -0.3 is 5.73 Å². The predicted octanol–water partition coefficient (Wildman–Crippen LogP) is 0.811. The molecular formula is C10H15NO3S2. The second-order valence-corrected chi connectivity index (χ2v) is 7.43. The van der Waals surface area contributed by atoms with Gasteiger partial charge in [0.25, 0.3) is 0 Å². The van der Waals surface area contributed by atoms with E-state index in [9.17, 15) is 12.6 Å². The third-order valence-corrected chi connectivity index (χ3v) is 4.48. The molecule has 0 aliphatic carbocycles. The van der Waals surface area contributed by atoms with E-state index in [0.29, 0.717) is 22.8 Å². The van der Waals surface area contributed by atoms with Crippen LogP contribution in [0.25, 0.3) is 0 Å². The average molecular weight is 261 g/mol. The van der Waals surface area contributed by atoms with E-state index >= 15 is 0 Å². The maximum Gasteiger partial charge on any atom is 0.147 e. The van der Waals surface area contributed by atoms with Crippen LogP contribution in [0.1, 0.15) is 6.42 Å². The van der Waals surface area contributed by atoms with Gasteiger partial charge in [0.15, 0.2) is 0 Å². The summed E-state index contributed by atoms with van der Waals surface area (Å²) in [4.78, 5) is 0.683. The lowest BCUT2D eigenvalue weighted by molar-refractivity contribution is 0.600. The molecule has 2 N–H and O–H groups in total. The van der Waals surface area contributed by atoms with Crippen molar-refractivity contribution >= 4 is 26.3 Å². The van der Waals surface area contributed by atoms with Gasteiger partial charge in [-0.1, -0.05) is 0 Å². The molecule has 90 valence electrons. The average Bonchev–Trinajstić information content (AvgIpc) is 2.16. The van der Waals surface area contributed by atoms with E-state index in [-0.39, 0.29) is 5.75 Å². The maximum absolute atomic E-state index is 11.7. The zero-order chi connectivity index (χ0) is 12.2. The number of hydrogen-bond donors (Lipinski definition) is 1. The molecule has 0 fully saturated rings. The first-order chi connectivity index (χ1) is 7.38. The summed E-state index contributed by atoms with van der Waals surface area (Å²) in [5.74, 6) is 0.435. The molecule has 0 saturated carbocycles. The molecule has 0 saturated heterocycles. The third kappa shape index (κ3) is 4.76. The van der Waals surface area contributed by atoms with Crippen LogP contribution in [0.3, 0.4) is 0 Å². The first-order valence-electron chi connectivity index (χ1n) is 4.80. The number of sulfone groups is 1. The zero-order valence-corrected chi connectivity index (χ0v) is 10.7. The Kier molecular flexibility index (Phi) is 4.49. The molecule has 0 heterocycles. The Morgan fingerprint density at radius 2 is 1.81 bits per heavy atom. The van der Waals surface area contributed by atoms with Crippen molar-refractivity contribution in [1.29, 1.82) is 0 Å². The largest absolute Gasteiger partial charge is 0.399 e. The molecule has 4 nitrogen and oxygen atoms in total. The van der Waals surface area contributed by atoms with Gasteiger partial charge in [-0.25, -0.2) is 8.42 Å². The summed E-state index contributed by atoms with van der Waals surface area (Å²) in [6, 6.07) is 6.77. The highest BCUT2D eigenvalue weighted by molar-refractivity contribution is 7.90. The maximum atomic E-state index is 11.7. The highest BCUT2D eigenvalue weighted by atomic mass is 32.2. The van der Waals surface area contributed by atoms with Crippen molar-refractivity contribution in [3.63, 3.8) is 0 Å². The van der Waals surface area contributed by atoms with Gasteiger partial charge in [0.2, 0.25) is 0 Å². The fourth-order valence-corrected chi connectivity index (χ4v) is 3.12. The van der Waals surface area contributed by atoms with Gasteiger partial charge in [-0.05, 0) is 30.7 Å². The van der Waals surface area contributed by atoms with Crippen LogP contribution in [-0.4, -0.2) is 30.4 Å². The lowest BCUT2D eigenvalue weighted by Gasteiger charge is -2.02. The molecule has 0 spiro atoms. The standard InChI is InChI=1S/C10H15NO3S2/c1-16(13,14)8-2-7-15(12)10-5-3-9(11)4-6-10/h3-6H,2,7-8,11H2,1H3. The van der Waals surface area contributed by atoms with Gasteiger partial charge in [-0.15, -0.1) is 0 Å². The summed E-state index contributed by atoms with van der Waals surface area (Å²) in [6.45, 7) is 0. The van der Waals surface area contributed by atoms with Crippen LogP contribution in [-0.2, 0) is 20.6 Å². The molecule has 1 aromatic rings. The highest BCUT2D eigenvalue weighted by Crippen LogP contribution is 2.10. The number of nitrogens with two attached hydrogens (primary N) is 1. The van der Waals surface area contributed by atoms with Crippen molar-refractivity contribution in [2.75, 3.05) is 23.5 Å². The molecule has 1 aromatic carbocycles. The minimum atomic E-state index is -2.96. The Bertz CT molecular complexity index is 465. The molecule has 0 aromatic heterocycles. The summed E-state index contributed by atoms with van der Waals surface area (Å²) >= 11 is 0. The Morgan fingerprint density at radius 1 is 1.25 bits per heavy atom. The van der Waals surface area contributed by atoms with E-state index in [2.05, 4.69) is 0 Å². The number of benzene rings is 1. The van der Waals surface area contributed by atoms with Crippen LogP contribution in [0.5, 0.6) is 0 Å². The fraction of sp³-hybridized carbons (Fsp3) is 0.400. The Morgan fingerprint density at radius 3 is 2.31 bits per heavy atom. The van der Waals surface area contributed by atoms with E-state index in [0.717, 1.165) is 0 Å². The summed E-state index contributed by atoms with van der Waals surface area (Å²) in [5, 5.41) is 0. The Labute approximate surface area is 98.2 Å². The van der Waals surface area contributed by atoms with Gasteiger partial charge in [0.05, 0.1) is 16.6 Å². The summed E-state index contributed by atoms with van der Waals surface area (Å²) in [7, 11) is -4.11. The molecule has 0 aliphatic heterocycles. The number of rotatable bonds is 5. The Hall–Kier alpha value is -0.880. The molecule has 1 rings (SSSR count). The number of nitrogen functional groups attached to an aromatic ring is 1. The van der Waals surface area contributed by atoms with E-state index < -0.39 is 20.6 Å². The van der Waals surface area contributed by atoms with Crippen molar-refractivity contribution in [1.82, 2.24) is 0 Å². The van der Waals surface area contributed by atoms with Crippen molar-refractivity contribution in [2.45, 2.75) is 11.3 Å². The monoisotopic (exact) mass is 261 g/mol. The summed E-state index contributed by atoms with van der Waals surface area (Å²) < 4.78 is 33.5. The van der Waals surface area contributed by atoms with Gasteiger partial charge in [-0.3, -0.25) is 4.21 Å². The molecule has 6 heteroatoms. The van der Waals surface area contributed by atoms with Gasteiger partial charge in [-0.2, -0.15) is 0 Å². The molecule has 0 bridgehead atoms.